The Labute approximate surface area is 605 Å². The standard InChI is InChI=1S/C76H141O24P/c1-4-7-10-13-16-19-22-25-27-29-31-34-37-40-43-46-49-52-62(80)95-57(54-92-60(78)50-47-44-41-38-36-33-30-28-26-23-20-17-14-11-8-5-2)55-94-101(90,91)100-74-72(98-75-70(88)65(83)63(81)58(53-77)96-75)68(86)67(85)69(87)73(74)99-76-71(89)66(84)64(82)59(97-76)56-93-61(79)51-48-45-42-39-35-32-24-21-18-15-12-9-6-3/h32,35,57-59,63-77,81-89H,4-31,33-34,36-56H2,1-3H3,(H,90,91)/b35-32-. The average Bonchev–Trinajstić information content (AvgIpc) is 0.762. The Morgan fingerprint density at radius 1 is 0.376 bits per heavy atom. The van der Waals surface area contributed by atoms with Gasteiger partial charge in [-0.1, -0.05) is 270 Å². The fourth-order valence-corrected chi connectivity index (χ4v) is 14.2. The van der Waals surface area contributed by atoms with Gasteiger partial charge in [-0.25, -0.2) is 4.57 Å². The second kappa shape index (κ2) is 57.8. The SMILES string of the molecule is CCCCCCCC/C=C\CCCCCC(=O)OCC1OC(OC2C(O)C(O)C(O)C(OC3OC(CO)C(O)C(O)C3O)C2OP(=O)(O)OCC(COC(=O)CCCCCCCCCCCCCCCCCC)OC(=O)CCCCCCCCCCCCCCCCCCC)C(O)C(O)C1O. The van der Waals surface area contributed by atoms with Gasteiger partial charge in [0, 0.05) is 19.3 Å². The van der Waals surface area contributed by atoms with Gasteiger partial charge in [-0.15, -0.1) is 0 Å². The molecule has 3 rings (SSSR count). The molecule has 0 amide bonds. The van der Waals surface area contributed by atoms with Gasteiger partial charge in [-0.2, -0.15) is 0 Å². The van der Waals surface area contributed by atoms with Crippen molar-refractivity contribution in [2.75, 3.05) is 26.4 Å². The number of esters is 3. The van der Waals surface area contributed by atoms with Crippen molar-refractivity contribution in [2.45, 2.75) is 427 Å². The van der Waals surface area contributed by atoms with E-state index < -0.39 is 156 Å². The molecule has 2 saturated heterocycles. The van der Waals surface area contributed by atoms with Crippen LogP contribution in [-0.4, -0.2) is 204 Å². The summed E-state index contributed by atoms with van der Waals surface area (Å²) < 4.78 is 65.2. The Bertz CT molecular complexity index is 2130. The van der Waals surface area contributed by atoms with Gasteiger partial charge < -0.3 is 89.1 Å². The van der Waals surface area contributed by atoms with Crippen molar-refractivity contribution < 1.29 is 117 Å². The van der Waals surface area contributed by atoms with Crippen molar-refractivity contribution in [3.63, 3.8) is 0 Å². The topological polar surface area (TPSA) is 374 Å². The molecular formula is C76H141O24P. The average molecular weight is 1470 g/mol. The highest BCUT2D eigenvalue weighted by Gasteiger charge is 2.58. The largest absolute Gasteiger partial charge is 0.472 e. The van der Waals surface area contributed by atoms with E-state index in [9.17, 15) is 74.9 Å². The summed E-state index contributed by atoms with van der Waals surface area (Å²) in [5, 5.41) is 110. The van der Waals surface area contributed by atoms with Crippen molar-refractivity contribution >= 4 is 25.7 Å². The second-order valence-electron chi connectivity index (χ2n) is 28.8. The molecule has 11 N–H and O–H groups in total. The van der Waals surface area contributed by atoms with Crippen molar-refractivity contribution in [2.24, 2.45) is 0 Å². The third kappa shape index (κ3) is 40.5. The highest BCUT2D eigenvalue weighted by Crippen LogP contribution is 2.49. The van der Waals surface area contributed by atoms with Crippen LogP contribution in [0.15, 0.2) is 12.2 Å². The Morgan fingerprint density at radius 2 is 0.693 bits per heavy atom. The summed E-state index contributed by atoms with van der Waals surface area (Å²) >= 11 is 0. The van der Waals surface area contributed by atoms with Gasteiger partial charge in [0.1, 0.15) is 98.7 Å². The lowest BCUT2D eigenvalue weighted by Gasteiger charge is -2.49. The number of carbonyl (C=O) groups excluding carboxylic acids is 3. The molecule has 0 radical (unpaired) electrons. The maximum atomic E-state index is 14.4. The summed E-state index contributed by atoms with van der Waals surface area (Å²) in [5.41, 5.74) is 0. The van der Waals surface area contributed by atoms with E-state index in [1.165, 1.54) is 173 Å². The maximum Gasteiger partial charge on any atom is 0.472 e. The van der Waals surface area contributed by atoms with Gasteiger partial charge in [0.05, 0.1) is 13.2 Å². The zero-order chi connectivity index (χ0) is 73.9. The number of rotatable bonds is 63. The molecule has 594 valence electrons. The maximum absolute atomic E-state index is 14.4. The molecule has 18 unspecified atom stereocenters. The van der Waals surface area contributed by atoms with E-state index in [2.05, 4.69) is 32.9 Å². The predicted octanol–water partition coefficient (Wildman–Crippen LogP) is 11.9. The number of phosphoric acid groups is 1. The lowest BCUT2D eigenvalue weighted by molar-refractivity contribution is -0.360. The third-order valence-corrected chi connectivity index (χ3v) is 20.8. The van der Waals surface area contributed by atoms with E-state index in [0.29, 0.717) is 19.3 Å². The van der Waals surface area contributed by atoms with Crippen molar-refractivity contribution in [3.05, 3.63) is 12.2 Å². The molecule has 0 bridgehead atoms. The first kappa shape index (κ1) is 92.9. The number of aliphatic hydroxyl groups excluding tert-OH is 10. The molecule has 1 saturated carbocycles. The van der Waals surface area contributed by atoms with Gasteiger partial charge in [0.25, 0.3) is 0 Å². The van der Waals surface area contributed by atoms with Crippen molar-refractivity contribution in [3.8, 4) is 0 Å². The van der Waals surface area contributed by atoms with Crippen LogP contribution >= 0.6 is 7.82 Å². The number of hydrogen-bond donors (Lipinski definition) is 11. The zero-order valence-electron chi connectivity index (χ0n) is 62.2. The first-order valence-electron chi connectivity index (χ1n) is 40.0. The van der Waals surface area contributed by atoms with Crippen LogP contribution in [0.1, 0.15) is 323 Å². The predicted molar refractivity (Wildman–Crippen MR) is 384 cm³/mol. The van der Waals surface area contributed by atoms with Gasteiger partial charge in [-0.3, -0.25) is 23.4 Å². The fraction of sp³-hybridized carbons (Fsp3) is 0.934. The Balaban J connectivity index is 1.71. The monoisotopic (exact) mass is 1470 g/mol. The normalized spacial score (nSPS) is 27.2. The molecule has 0 aromatic carbocycles. The number of phosphoric ester groups is 1. The molecule has 3 aliphatic rings. The summed E-state index contributed by atoms with van der Waals surface area (Å²) in [6.07, 6.45) is 18.3. The Kier molecular flexibility index (Phi) is 53.2. The number of hydrogen-bond acceptors (Lipinski definition) is 23. The summed E-state index contributed by atoms with van der Waals surface area (Å²) in [6, 6.07) is 0. The number of carbonyl (C=O) groups is 3. The third-order valence-electron chi connectivity index (χ3n) is 19.8. The first-order valence-corrected chi connectivity index (χ1v) is 41.5. The Hall–Kier alpha value is -2.30. The van der Waals surface area contributed by atoms with E-state index in [-0.39, 0.29) is 19.3 Å². The van der Waals surface area contributed by atoms with Crippen LogP contribution in [0, 0.1) is 0 Å². The molecule has 3 fully saturated rings. The molecule has 1 aliphatic carbocycles. The summed E-state index contributed by atoms with van der Waals surface area (Å²) in [7, 11) is -5.70. The minimum Gasteiger partial charge on any atom is -0.463 e. The quantitative estimate of drug-likeness (QED) is 0.00886. The van der Waals surface area contributed by atoms with Crippen molar-refractivity contribution in [1.82, 2.24) is 0 Å². The molecular weight excluding hydrogens is 1330 g/mol. The highest BCUT2D eigenvalue weighted by atomic mass is 31.2. The van der Waals surface area contributed by atoms with Gasteiger partial charge in [0.15, 0.2) is 18.7 Å². The molecule has 24 nitrogen and oxygen atoms in total. The summed E-state index contributed by atoms with van der Waals surface area (Å²) in [4.78, 5) is 51.1. The lowest BCUT2D eigenvalue weighted by Crippen LogP contribution is -2.69. The Morgan fingerprint density at radius 3 is 1.08 bits per heavy atom. The molecule has 0 aromatic heterocycles. The van der Waals surface area contributed by atoms with Crippen LogP contribution in [0.25, 0.3) is 0 Å². The van der Waals surface area contributed by atoms with E-state index in [4.69, 9.17) is 42.2 Å². The van der Waals surface area contributed by atoms with Crippen LogP contribution in [0.4, 0.5) is 0 Å². The van der Waals surface area contributed by atoms with Gasteiger partial charge in [0.2, 0.25) is 0 Å². The second-order valence-corrected chi connectivity index (χ2v) is 30.2. The van der Waals surface area contributed by atoms with Crippen molar-refractivity contribution in [1.29, 1.82) is 0 Å². The van der Waals surface area contributed by atoms with Gasteiger partial charge >= 0.3 is 25.7 Å². The highest BCUT2D eigenvalue weighted by molar-refractivity contribution is 7.47. The van der Waals surface area contributed by atoms with Crippen LogP contribution in [-0.2, 0) is 61.2 Å². The minimum atomic E-state index is -5.70. The number of aliphatic hydroxyl groups is 10. The van der Waals surface area contributed by atoms with Crippen LogP contribution < -0.4 is 0 Å². The molecule has 101 heavy (non-hydrogen) atoms. The van der Waals surface area contributed by atoms with E-state index in [0.717, 1.165) is 89.9 Å². The van der Waals surface area contributed by atoms with Gasteiger partial charge in [-0.05, 0) is 44.9 Å². The molecule has 0 spiro atoms. The first-order chi connectivity index (χ1) is 48.8. The fourth-order valence-electron chi connectivity index (χ4n) is 13.3. The number of ether oxygens (including phenoxy) is 7. The molecule has 18 atom stereocenters. The summed E-state index contributed by atoms with van der Waals surface area (Å²) in [5.74, 6) is -1.99. The molecule has 0 aromatic rings. The number of unbranched alkanes of at least 4 members (excludes halogenated alkanes) is 40. The zero-order valence-corrected chi connectivity index (χ0v) is 63.1. The summed E-state index contributed by atoms with van der Waals surface area (Å²) in [6.45, 7) is 3.47. The van der Waals surface area contributed by atoms with E-state index in [1.807, 2.05) is 0 Å². The number of allylic oxidation sites excluding steroid dienone is 2. The smallest absolute Gasteiger partial charge is 0.463 e. The van der Waals surface area contributed by atoms with E-state index in [1.54, 1.807) is 0 Å². The van der Waals surface area contributed by atoms with E-state index >= 15 is 0 Å². The molecule has 2 aliphatic heterocycles. The molecule has 25 heteroatoms. The van der Waals surface area contributed by atoms with Crippen LogP contribution in [0.3, 0.4) is 0 Å². The van der Waals surface area contributed by atoms with Crippen LogP contribution in [0.5, 0.6) is 0 Å². The molecule has 2 heterocycles. The minimum absolute atomic E-state index is 0.00949. The lowest BCUT2D eigenvalue weighted by atomic mass is 9.84. The van der Waals surface area contributed by atoms with Crippen LogP contribution in [0.2, 0.25) is 0 Å².